The van der Waals surface area contributed by atoms with E-state index in [1.807, 2.05) is 0 Å². The van der Waals surface area contributed by atoms with Crippen LogP contribution in [0.2, 0.25) is 0 Å². The highest BCUT2D eigenvalue weighted by Gasteiger charge is 2.52. The Labute approximate surface area is 139 Å². The summed E-state index contributed by atoms with van der Waals surface area (Å²) < 4.78 is 12.6. The first-order chi connectivity index (χ1) is 11.2. The van der Waals surface area contributed by atoms with Gasteiger partial charge in [-0.05, 0) is 99.7 Å². The van der Waals surface area contributed by atoms with Crippen LogP contribution in [0, 0.1) is 17.8 Å². The first-order valence-electron chi connectivity index (χ1n) is 9.62. The molecule has 5 fully saturated rings. The van der Waals surface area contributed by atoms with Crippen LogP contribution in [-0.4, -0.2) is 11.9 Å². The average Bonchev–Trinajstić information content (AvgIpc) is 3.30. The third-order valence-electron chi connectivity index (χ3n) is 6.63. The van der Waals surface area contributed by atoms with Crippen molar-refractivity contribution in [3.63, 3.8) is 0 Å². The summed E-state index contributed by atoms with van der Waals surface area (Å²) in [6.45, 7) is 2.08. The zero-order valence-electron chi connectivity index (χ0n) is 14.2. The van der Waals surface area contributed by atoms with Crippen LogP contribution in [0.25, 0.3) is 0 Å². The van der Waals surface area contributed by atoms with E-state index >= 15 is 0 Å². The van der Waals surface area contributed by atoms with Crippen LogP contribution in [0.5, 0.6) is 5.75 Å². The summed E-state index contributed by atoms with van der Waals surface area (Å²) in [7, 11) is 0. The largest absolute Gasteiger partial charge is 0.465 e. The van der Waals surface area contributed by atoms with Crippen molar-refractivity contribution < 1.29 is 9.47 Å². The maximum Gasteiger partial charge on any atom is 0.197 e. The van der Waals surface area contributed by atoms with Crippen molar-refractivity contribution in [1.29, 1.82) is 0 Å². The Morgan fingerprint density at radius 1 is 0.913 bits per heavy atom. The Bertz CT molecular complexity index is 537. The number of benzene rings is 1. The van der Waals surface area contributed by atoms with Gasteiger partial charge in [0.15, 0.2) is 6.29 Å². The molecule has 4 bridgehead atoms. The van der Waals surface area contributed by atoms with Gasteiger partial charge in [-0.1, -0.05) is 12.1 Å². The molecule has 0 heterocycles. The molecular weight excluding hydrogens is 284 g/mol. The Balaban J connectivity index is 1.23. The zero-order chi connectivity index (χ0) is 15.4. The number of ether oxygens (including phenoxy) is 2. The monoisotopic (exact) mass is 312 g/mol. The highest BCUT2D eigenvalue weighted by molar-refractivity contribution is 5.31. The molecule has 1 atom stereocenters. The average molecular weight is 312 g/mol. The molecule has 2 heteroatoms. The molecule has 1 unspecified atom stereocenters. The summed E-state index contributed by atoms with van der Waals surface area (Å²) in [5.41, 5.74) is 1.59. The van der Waals surface area contributed by atoms with E-state index in [1.54, 1.807) is 0 Å². The summed E-state index contributed by atoms with van der Waals surface area (Å²) >= 11 is 0. The van der Waals surface area contributed by atoms with E-state index in [1.165, 1.54) is 56.9 Å². The summed E-state index contributed by atoms with van der Waals surface area (Å²) in [5, 5.41) is 0. The van der Waals surface area contributed by atoms with E-state index in [-0.39, 0.29) is 11.9 Å². The van der Waals surface area contributed by atoms with Crippen LogP contribution < -0.4 is 4.74 Å². The molecule has 0 aliphatic heterocycles. The van der Waals surface area contributed by atoms with E-state index in [0.29, 0.717) is 0 Å². The van der Waals surface area contributed by atoms with Crippen LogP contribution in [0.3, 0.4) is 0 Å². The first-order valence-corrected chi connectivity index (χ1v) is 9.62. The van der Waals surface area contributed by atoms with Crippen LogP contribution in [-0.2, 0) is 4.74 Å². The third kappa shape index (κ3) is 2.80. The van der Waals surface area contributed by atoms with Gasteiger partial charge in [0.05, 0.1) is 5.60 Å². The second kappa shape index (κ2) is 5.24. The fraction of sp³-hybridized carbons (Fsp3) is 0.714. The van der Waals surface area contributed by atoms with E-state index in [4.69, 9.17) is 9.47 Å². The maximum atomic E-state index is 6.52. The van der Waals surface area contributed by atoms with E-state index in [0.717, 1.165) is 29.4 Å². The first kappa shape index (κ1) is 14.3. The van der Waals surface area contributed by atoms with Crippen molar-refractivity contribution in [3.8, 4) is 5.75 Å². The summed E-state index contributed by atoms with van der Waals surface area (Å²) in [5.74, 6) is 4.53. The smallest absolute Gasteiger partial charge is 0.197 e. The minimum atomic E-state index is -0.141. The van der Waals surface area contributed by atoms with Gasteiger partial charge in [0.2, 0.25) is 0 Å². The van der Waals surface area contributed by atoms with Gasteiger partial charge in [-0.3, -0.25) is 0 Å². The maximum absolute atomic E-state index is 6.52. The lowest BCUT2D eigenvalue weighted by molar-refractivity contribution is -0.225. The Kier molecular flexibility index (Phi) is 3.27. The van der Waals surface area contributed by atoms with Crippen molar-refractivity contribution in [2.24, 2.45) is 17.8 Å². The standard InChI is InChI=1S/C21H28O2/c1-14(22-20-6-4-19(5-7-20)18-2-3-18)23-21-11-15-8-16(12-21)10-17(9-15)13-21/h4-7,14-18H,2-3,8-13H2,1H3. The molecule has 6 rings (SSSR count). The summed E-state index contributed by atoms with van der Waals surface area (Å²) in [4.78, 5) is 0. The van der Waals surface area contributed by atoms with Crippen molar-refractivity contribution in [1.82, 2.24) is 0 Å². The molecule has 0 radical (unpaired) electrons. The second-order valence-electron chi connectivity index (χ2n) is 8.75. The van der Waals surface area contributed by atoms with Gasteiger partial charge >= 0.3 is 0 Å². The highest BCUT2D eigenvalue weighted by atomic mass is 16.7. The number of hydrogen-bond acceptors (Lipinski definition) is 2. The van der Waals surface area contributed by atoms with Crippen LogP contribution in [0.1, 0.15) is 69.8 Å². The fourth-order valence-electron chi connectivity index (χ4n) is 5.98. The molecule has 1 aromatic rings. The lowest BCUT2D eigenvalue weighted by Gasteiger charge is -2.56. The topological polar surface area (TPSA) is 18.5 Å². The predicted octanol–water partition coefficient (Wildman–Crippen LogP) is 5.27. The van der Waals surface area contributed by atoms with E-state index < -0.39 is 0 Å². The van der Waals surface area contributed by atoms with Crippen LogP contribution in [0.15, 0.2) is 24.3 Å². The normalized spacial score (nSPS) is 39.4. The molecule has 2 nitrogen and oxygen atoms in total. The molecular formula is C21H28O2. The van der Waals surface area contributed by atoms with E-state index in [9.17, 15) is 0 Å². The Morgan fingerprint density at radius 3 is 2.00 bits per heavy atom. The van der Waals surface area contributed by atoms with Gasteiger partial charge in [0.25, 0.3) is 0 Å². The van der Waals surface area contributed by atoms with Crippen molar-refractivity contribution >= 4 is 0 Å². The molecule has 5 aliphatic rings. The lowest BCUT2D eigenvalue weighted by atomic mass is 9.54. The summed E-state index contributed by atoms with van der Waals surface area (Å²) in [6.07, 6.45) is 10.8. The third-order valence-corrected chi connectivity index (χ3v) is 6.63. The second-order valence-corrected chi connectivity index (χ2v) is 8.75. The van der Waals surface area contributed by atoms with Crippen molar-refractivity contribution in [2.45, 2.75) is 76.1 Å². The molecule has 5 aliphatic carbocycles. The predicted molar refractivity (Wildman–Crippen MR) is 90.5 cm³/mol. The molecule has 124 valence electrons. The van der Waals surface area contributed by atoms with Gasteiger partial charge in [-0.25, -0.2) is 0 Å². The highest BCUT2D eigenvalue weighted by Crippen LogP contribution is 2.57. The molecule has 0 aromatic heterocycles. The quantitative estimate of drug-likeness (QED) is 0.689. The minimum Gasteiger partial charge on any atom is -0.465 e. The SMILES string of the molecule is CC(Oc1ccc(C2CC2)cc1)OC12CC3CC(CC(C3)C1)C2. The number of hydrogen-bond donors (Lipinski definition) is 0. The Hall–Kier alpha value is -1.02. The molecule has 0 spiro atoms. The lowest BCUT2D eigenvalue weighted by Crippen LogP contribution is -2.53. The molecule has 0 N–H and O–H groups in total. The molecule has 23 heavy (non-hydrogen) atoms. The zero-order valence-corrected chi connectivity index (χ0v) is 14.2. The number of rotatable bonds is 5. The van der Waals surface area contributed by atoms with Gasteiger partial charge in [-0.15, -0.1) is 0 Å². The van der Waals surface area contributed by atoms with E-state index in [2.05, 4.69) is 31.2 Å². The minimum absolute atomic E-state index is 0.127. The molecule has 5 saturated carbocycles. The molecule has 1 aromatic carbocycles. The van der Waals surface area contributed by atoms with Gasteiger partial charge in [-0.2, -0.15) is 0 Å². The fourth-order valence-corrected chi connectivity index (χ4v) is 5.98. The van der Waals surface area contributed by atoms with Crippen LogP contribution >= 0.6 is 0 Å². The molecule has 0 amide bonds. The van der Waals surface area contributed by atoms with Crippen molar-refractivity contribution in [2.75, 3.05) is 0 Å². The summed E-state index contributed by atoms with van der Waals surface area (Å²) in [6, 6.07) is 8.69. The van der Waals surface area contributed by atoms with Gasteiger partial charge in [0, 0.05) is 0 Å². The van der Waals surface area contributed by atoms with Gasteiger partial charge < -0.3 is 9.47 Å². The molecule has 0 saturated heterocycles. The van der Waals surface area contributed by atoms with Crippen molar-refractivity contribution in [3.05, 3.63) is 29.8 Å². The Morgan fingerprint density at radius 2 is 1.48 bits per heavy atom. The van der Waals surface area contributed by atoms with Crippen LogP contribution in [0.4, 0.5) is 0 Å². The van der Waals surface area contributed by atoms with Gasteiger partial charge in [0.1, 0.15) is 5.75 Å².